The van der Waals surface area contributed by atoms with Gasteiger partial charge in [-0.25, -0.2) is 4.79 Å². The van der Waals surface area contributed by atoms with Crippen molar-refractivity contribution in [1.82, 2.24) is 0 Å². The SMILES string of the molecule is Cc1csc(C(=O)O)c1C1c2ccc(N(C)C)cc2[Si](C)(C)c2cc(N(C)C)ccc21.Cl. The number of anilines is 2. The van der Waals surface area contributed by atoms with Crippen LogP contribution in [0.25, 0.3) is 0 Å². The van der Waals surface area contributed by atoms with Crippen LogP contribution in [0.2, 0.25) is 13.1 Å². The van der Waals surface area contributed by atoms with Crippen LogP contribution in [0.1, 0.15) is 37.8 Å². The largest absolute Gasteiger partial charge is 0.477 e. The van der Waals surface area contributed by atoms with Gasteiger partial charge in [-0.2, -0.15) is 0 Å². The van der Waals surface area contributed by atoms with Crippen molar-refractivity contribution in [3.05, 3.63) is 68.9 Å². The Balaban J connectivity index is 0.00000289. The van der Waals surface area contributed by atoms with Gasteiger partial charge in [0.05, 0.1) is 0 Å². The number of aryl methyl sites for hydroxylation is 1. The molecular weight excluding hydrogens is 456 g/mol. The van der Waals surface area contributed by atoms with Crippen LogP contribution in [-0.4, -0.2) is 47.3 Å². The lowest BCUT2D eigenvalue weighted by Crippen LogP contribution is -2.59. The second-order valence-electron chi connectivity index (χ2n) is 9.36. The Kier molecular flexibility index (Phi) is 6.53. The number of benzene rings is 2. The van der Waals surface area contributed by atoms with Crippen molar-refractivity contribution < 1.29 is 9.90 Å². The molecule has 0 amide bonds. The Morgan fingerprint density at radius 2 is 1.41 bits per heavy atom. The van der Waals surface area contributed by atoms with E-state index in [1.807, 2.05) is 12.3 Å². The molecule has 0 atom stereocenters. The molecule has 1 N–H and O–H groups in total. The van der Waals surface area contributed by atoms with Crippen LogP contribution in [0.3, 0.4) is 0 Å². The quantitative estimate of drug-likeness (QED) is 0.546. The summed E-state index contributed by atoms with van der Waals surface area (Å²) in [6.45, 7) is 6.87. The minimum Gasteiger partial charge on any atom is -0.477 e. The maximum absolute atomic E-state index is 12.1. The molecule has 4 nitrogen and oxygen atoms in total. The summed E-state index contributed by atoms with van der Waals surface area (Å²) >= 11 is 1.34. The number of nitrogens with zero attached hydrogens (tertiary/aromatic N) is 2. The first-order valence-electron chi connectivity index (χ1n) is 10.5. The zero-order valence-electron chi connectivity index (χ0n) is 19.7. The van der Waals surface area contributed by atoms with Gasteiger partial charge in [0.15, 0.2) is 0 Å². The van der Waals surface area contributed by atoms with Gasteiger partial charge >= 0.3 is 5.97 Å². The first-order valence-corrected chi connectivity index (χ1v) is 14.4. The lowest BCUT2D eigenvalue weighted by Gasteiger charge is -2.40. The molecule has 0 saturated heterocycles. The summed E-state index contributed by atoms with van der Waals surface area (Å²) < 4.78 is 0. The normalized spacial score (nSPS) is 14.2. The molecule has 32 heavy (non-hydrogen) atoms. The van der Waals surface area contributed by atoms with E-state index in [9.17, 15) is 9.90 Å². The van der Waals surface area contributed by atoms with Crippen LogP contribution < -0.4 is 20.2 Å². The number of rotatable bonds is 4. The van der Waals surface area contributed by atoms with Crippen LogP contribution in [0.15, 0.2) is 41.8 Å². The number of carboxylic acid groups (broad SMARTS) is 1. The number of carbonyl (C=O) groups is 1. The van der Waals surface area contributed by atoms with E-state index in [-0.39, 0.29) is 18.3 Å². The molecule has 3 aromatic rings. The molecule has 0 bridgehead atoms. The van der Waals surface area contributed by atoms with E-state index in [1.54, 1.807) is 0 Å². The van der Waals surface area contributed by atoms with Gasteiger partial charge in [-0.15, -0.1) is 23.7 Å². The summed E-state index contributed by atoms with van der Waals surface area (Å²) in [7, 11) is 6.28. The van der Waals surface area contributed by atoms with Crippen LogP contribution in [-0.2, 0) is 0 Å². The molecule has 2 heterocycles. The van der Waals surface area contributed by atoms with E-state index in [1.165, 1.54) is 44.2 Å². The first kappa shape index (κ1) is 24.4. The highest BCUT2D eigenvalue weighted by Crippen LogP contribution is 2.42. The average molecular weight is 487 g/mol. The van der Waals surface area contributed by atoms with Gasteiger partial charge in [0.2, 0.25) is 0 Å². The monoisotopic (exact) mass is 486 g/mol. The first-order chi connectivity index (χ1) is 14.5. The fourth-order valence-corrected chi connectivity index (χ4v) is 8.97. The van der Waals surface area contributed by atoms with Gasteiger partial charge in [0.1, 0.15) is 13.0 Å². The van der Waals surface area contributed by atoms with Crippen molar-refractivity contribution in [1.29, 1.82) is 0 Å². The third-order valence-electron chi connectivity index (χ3n) is 6.58. The molecule has 0 aliphatic carbocycles. The Bertz CT molecular complexity index is 1130. The maximum atomic E-state index is 12.1. The number of hydrogen-bond donors (Lipinski definition) is 1. The molecule has 0 saturated carbocycles. The number of halogens is 1. The summed E-state index contributed by atoms with van der Waals surface area (Å²) in [6.07, 6.45) is 0. The summed E-state index contributed by atoms with van der Waals surface area (Å²) in [5, 5.41) is 14.7. The fraction of sp³-hybridized carbons (Fsp3) is 0.320. The summed E-state index contributed by atoms with van der Waals surface area (Å²) in [5.74, 6) is -0.900. The Morgan fingerprint density at radius 3 is 1.81 bits per heavy atom. The molecule has 0 unspecified atom stereocenters. The molecular formula is C25H31ClN2O2SSi. The topological polar surface area (TPSA) is 43.8 Å². The highest BCUT2D eigenvalue weighted by Gasteiger charge is 2.41. The third-order valence-corrected chi connectivity index (χ3v) is 11.2. The molecule has 0 spiro atoms. The second-order valence-corrected chi connectivity index (χ2v) is 14.6. The molecule has 170 valence electrons. The summed E-state index contributed by atoms with van der Waals surface area (Å²) in [4.78, 5) is 16.9. The zero-order valence-corrected chi connectivity index (χ0v) is 22.3. The number of thiophene rings is 1. The van der Waals surface area contributed by atoms with Crippen molar-refractivity contribution in [2.75, 3.05) is 38.0 Å². The molecule has 4 rings (SSSR count). The smallest absolute Gasteiger partial charge is 0.346 e. The van der Waals surface area contributed by atoms with Gasteiger partial charge in [-0.3, -0.25) is 0 Å². The Labute approximate surface area is 201 Å². The van der Waals surface area contributed by atoms with E-state index < -0.39 is 14.0 Å². The Hall–Kier alpha value is -2.28. The Morgan fingerprint density at radius 1 is 0.938 bits per heavy atom. The van der Waals surface area contributed by atoms with Crippen LogP contribution >= 0.6 is 23.7 Å². The molecule has 2 aromatic carbocycles. The number of fused-ring (bicyclic) bond motifs is 2. The van der Waals surface area contributed by atoms with E-state index in [0.717, 1.165) is 11.1 Å². The summed E-state index contributed by atoms with van der Waals surface area (Å²) in [5.41, 5.74) is 6.89. The third kappa shape index (κ3) is 3.74. The minimum atomic E-state index is -2.00. The van der Waals surface area contributed by atoms with Crippen LogP contribution in [0.5, 0.6) is 0 Å². The second kappa shape index (κ2) is 8.58. The molecule has 0 radical (unpaired) electrons. The van der Waals surface area contributed by atoms with Crippen molar-refractivity contribution >= 4 is 59.5 Å². The van der Waals surface area contributed by atoms with Crippen molar-refractivity contribution in [2.45, 2.75) is 25.9 Å². The van der Waals surface area contributed by atoms with Gasteiger partial charge in [0, 0.05) is 45.5 Å². The van der Waals surface area contributed by atoms with Gasteiger partial charge in [-0.1, -0.05) is 25.2 Å². The zero-order chi connectivity index (χ0) is 22.7. The average Bonchev–Trinajstić information content (AvgIpc) is 3.09. The molecule has 1 aromatic heterocycles. The van der Waals surface area contributed by atoms with E-state index in [0.29, 0.717) is 4.88 Å². The minimum absolute atomic E-state index is 0. The number of aromatic carboxylic acids is 1. The lowest BCUT2D eigenvalue weighted by atomic mass is 9.82. The van der Waals surface area contributed by atoms with Crippen molar-refractivity contribution in [2.24, 2.45) is 0 Å². The van der Waals surface area contributed by atoms with Crippen molar-refractivity contribution in [3.8, 4) is 0 Å². The van der Waals surface area contributed by atoms with Crippen LogP contribution in [0, 0.1) is 6.92 Å². The van der Waals surface area contributed by atoms with E-state index in [2.05, 4.69) is 87.5 Å². The molecule has 1 aliphatic heterocycles. The highest BCUT2D eigenvalue weighted by molar-refractivity contribution is 7.12. The maximum Gasteiger partial charge on any atom is 0.346 e. The predicted octanol–water partition coefficient (Wildman–Crippen LogP) is 4.62. The predicted molar refractivity (Wildman–Crippen MR) is 142 cm³/mol. The van der Waals surface area contributed by atoms with E-state index in [4.69, 9.17) is 0 Å². The summed E-state index contributed by atoms with van der Waals surface area (Å²) in [6, 6.07) is 13.5. The van der Waals surface area contributed by atoms with Gasteiger partial charge < -0.3 is 14.9 Å². The standard InChI is InChI=1S/C25H30N2O2SSi.ClH/c1-15-14-30-24(25(28)29)22(15)23-18-10-8-16(26(2)3)12-20(18)31(6,7)21-13-17(27(4)5)9-11-19(21)23;/h8-14,23H,1-7H3,(H,28,29);1H. The molecule has 1 aliphatic rings. The molecule has 7 heteroatoms. The molecule has 0 fully saturated rings. The lowest BCUT2D eigenvalue weighted by molar-refractivity contribution is 0.0701. The number of hydrogen-bond acceptors (Lipinski definition) is 4. The van der Waals surface area contributed by atoms with E-state index >= 15 is 0 Å². The van der Waals surface area contributed by atoms with Gasteiger partial charge in [-0.05, 0) is 69.2 Å². The van der Waals surface area contributed by atoms with Gasteiger partial charge in [0.25, 0.3) is 0 Å². The highest BCUT2D eigenvalue weighted by atomic mass is 35.5. The van der Waals surface area contributed by atoms with Crippen LogP contribution in [0.4, 0.5) is 11.4 Å². The van der Waals surface area contributed by atoms with Crippen molar-refractivity contribution in [3.63, 3.8) is 0 Å². The number of carboxylic acids is 1. The fourth-order valence-electron chi connectivity index (χ4n) is 4.83.